The van der Waals surface area contributed by atoms with Crippen molar-refractivity contribution in [2.45, 2.75) is 17.8 Å². The lowest BCUT2D eigenvalue weighted by Gasteiger charge is -2.04. The van der Waals surface area contributed by atoms with Gasteiger partial charge in [0.05, 0.1) is 18.5 Å². The topological polar surface area (TPSA) is 94.8 Å². The van der Waals surface area contributed by atoms with Crippen molar-refractivity contribution in [3.63, 3.8) is 0 Å². The summed E-state index contributed by atoms with van der Waals surface area (Å²) in [5.41, 5.74) is 1.71. The van der Waals surface area contributed by atoms with Crippen molar-refractivity contribution in [2.24, 2.45) is 0 Å². The molecule has 2 heterocycles. The lowest BCUT2D eigenvalue weighted by Crippen LogP contribution is -2.05. The van der Waals surface area contributed by atoms with E-state index in [1.54, 1.807) is 11.8 Å². The Hall–Kier alpha value is -2.46. The molecule has 0 unspecified atom stereocenters. The Bertz CT molecular complexity index is 830. The number of nitrogens with zero attached hydrogens (tertiary/aromatic N) is 5. The summed E-state index contributed by atoms with van der Waals surface area (Å²) < 4.78 is 6.81. The number of ether oxygens (including phenoxy) is 1. The van der Waals surface area contributed by atoms with Gasteiger partial charge in [0, 0.05) is 18.1 Å². The molecule has 0 atom stereocenters. The summed E-state index contributed by atoms with van der Waals surface area (Å²) >= 11 is 2.86. The highest BCUT2D eigenvalue weighted by Crippen LogP contribution is 2.25. The molecule has 24 heavy (non-hydrogen) atoms. The third-order valence-corrected chi connectivity index (χ3v) is 4.70. The molecule has 2 aromatic heterocycles. The van der Waals surface area contributed by atoms with Crippen LogP contribution in [-0.2, 0) is 10.5 Å². The molecule has 1 N–H and O–H groups in total. The van der Waals surface area contributed by atoms with Crippen molar-refractivity contribution in [3.05, 3.63) is 35.3 Å². The Morgan fingerprint density at radius 1 is 1.38 bits per heavy atom. The number of rotatable bonds is 6. The molecule has 0 aliphatic carbocycles. The minimum atomic E-state index is -0.132. The fraction of sp³-hybridized carbons (Fsp3) is 0.214. The van der Waals surface area contributed by atoms with Gasteiger partial charge in [0.15, 0.2) is 5.13 Å². The van der Waals surface area contributed by atoms with Crippen molar-refractivity contribution < 1.29 is 9.53 Å². The molecular formula is C14H14N6O2S2. The maximum absolute atomic E-state index is 11.0. The van der Waals surface area contributed by atoms with E-state index < -0.39 is 0 Å². The zero-order valence-corrected chi connectivity index (χ0v) is 14.6. The fourth-order valence-electron chi connectivity index (χ4n) is 1.87. The summed E-state index contributed by atoms with van der Waals surface area (Å²) in [6.45, 7) is 1.46. The normalized spacial score (nSPS) is 10.6. The average Bonchev–Trinajstić information content (AvgIpc) is 3.21. The van der Waals surface area contributed by atoms with Crippen LogP contribution in [0.15, 0.2) is 34.8 Å². The van der Waals surface area contributed by atoms with Crippen LogP contribution in [0.5, 0.6) is 5.75 Å². The number of hydrogen-bond acceptors (Lipinski definition) is 8. The molecule has 3 aromatic rings. The van der Waals surface area contributed by atoms with Crippen LogP contribution >= 0.6 is 23.1 Å². The number of carbonyl (C=O) groups excluding carboxylic acids is 1. The van der Waals surface area contributed by atoms with Gasteiger partial charge in [-0.25, -0.2) is 4.98 Å². The largest absolute Gasteiger partial charge is 0.497 e. The quantitative estimate of drug-likeness (QED) is 0.673. The first-order valence-corrected chi connectivity index (χ1v) is 8.80. The minimum Gasteiger partial charge on any atom is -0.497 e. The Kier molecular flexibility index (Phi) is 5.06. The maximum Gasteiger partial charge on any atom is 0.223 e. The van der Waals surface area contributed by atoms with Gasteiger partial charge in [-0.2, -0.15) is 4.68 Å². The van der Waals surface area contributed by atoms with Gasteiger partial charge >= 0.3 is 0 Å². The predicted octanol–water partition coefficient (Wildman–Crippen LogP) is 2.38. The number of anilines is 1. The van der Waals surface area contributed by atoms with Crippen LogP contribution in [-0.4, -0.2) is 38.2 Å². The van der Waals surface area contributed by atoms with Crippen LogP contribution in [0.4, 0.5) is 5.13 Å². The second kappa shape index (κ2) is 7.41. The van der Waals surface area contributed by atoms with Gasteiger partial charge in [0.25, 0.3) is 0 Å². The standard InChI is InChI=1S/C14H14N6O2S2/c1-9(21)15-13-16-10(7-23-13)8-24-14-17-18-19-20(14)11-3-5-12(22-2)6-4-11/h3-7H,8H2,1-2H3,(H,15,16,21). The molecule has 0 saturated carbocycles. The van der Waals surface area contributed by atoms with Crippen molar-refractivity contribution in [1.82, 2.24) is 25.2 Å². The lowest BCUT2D eigenvalue weighted by atomic mass is 10.3. The van der Waals surface area contributed by atoms with E-state index in [2.05, 4.69) is 25.8 Å². The molecule has 0 aliphatic heterocycles. The number of thioether (sulfide) groups is 1. The number of thiazole rings is 1. The Morgan fingerprint density at radius 2 is 2.17 bits per heavy atom. The molecule has 0 bridgehead atoms. The van der Waals surface area contributed by atoms with Gasteiger partial charge in [-0.15, -0.1) is 16.4 Å². The summed E-state index contributed by atoms with van der Waals surface area (Å²) in [5, 5.41) is 17.6. The summed E-state index contributed by atoms with van der Waals surface area (Å²) in [7, 11) is 1.62. The first kappa shape index (κ1) is 16.4. The van der Waals surface area contributed by atoms with E-state index in [-0.39, 0.29) is 5.91 Å². The summed E-state index contributed by atoms with van der Waals surface area (Å²) in [6.07, 6.45) is 0. The average molecular weight is 362 g/mol. The van der Waals surface area contributed by atoms with Gasteiger partial charge in [-0.1, -0.05) is 11.8 Å². The van der Waals surface area contributed by atoms with E-state index >= 15 is 0 Å². The third-order valence-electron chi connectivity index (χ3n) is 2.94. The van der Waals surface area contributed by atoms with Crippen molar-refractivity contribution >= 4 is 34.1 Å². The lowest BCUT2D eigenvalue weighted by molar-refractivity contribution is -0.114. The number of carbonyl (C=O) groups is 1. The third kappa shape index (κ3) is 3.89. The van der Waals surface area contributed by atoms with Crippen LogP contribution in [0.1, 0.15) is 12.6 Å². The number of aromatic nitrogens is 5. The van der Waals surface area contributed by atoms with E-state index in [0.29, 0.717) is 16.0 Å². The molecule has 0 spiro atoms. The molecule has 0 radical (unpaired) electrons. The molecule has 8 nitrogen and oxygen atoms in total. The number of benzene rings is 1. The molecule has 0 aliphatic rings. The Labute approximate surface area is 146 Å². The molecule has 1 aromatic carbocycles. The molecule has 10 heteroatoms. The van der Waals surface area contributed by atoms with E-state index in [1.807, 2.05) is 29.6 Å². The maximum atomic E-state index is 11.0. The SMILES string of the molecule is COc1ccc(-n2nnnc2SCc2csc(NC(C)=O)n2)cc1. The van der Waals surface area contributed by atoms with Gasteiger partial charge in [-0.05, 0) is 34.7 Å². The minimum absolute atomic E-state index is 0.132. The zero-order valence-electron chi connectivity index (χ0n) is 13.0. The number of methoxy groups -OCH3 is 1. The van der Waals surface area contributed by atoms with E-state index in [4.69, 9.17) is 4.74 Å². The Balaban J connectivity index is 1.69. The Morgan fingerprint density at radius 3 is 2.88 bits per heavy atom. The first-order valence-electron chi connectivity index (χ1n) is 6.93. The number of tetrazole rings is 1. The van der Waals surface area contributed by atoms with Crippen LogP contribution in [0, 0.1) is 0 Å². The van der Waals surface area contributed by atoms with Crippen molar-refractivity contribution in [2.75, 3.05) is 12.4 Å². The molecule has 3 rings (SSSR count). The van der Waals surface area contributed by atoms with Gasteiger partial charge in [0.1, 0.15) is 5.75 Å². The van der Waals surface area contributed by atoms with Crippen LogP contribution in [0.25, 0.3) is 5.69 Å². The monoisotopic (exact) mass is 362 g/mol. The van der Waals surface area contributed by atoms with Crippen LogP contribution < -0.4 is 10.1 Å². The van der Waals surface area contributed by atoms with E-state index in [1.165, 1.54) is 30.0 Å². The van der Waals surface area contributed by atoms with E-state index in [0.717, 1.165) is 17.1 Å². The fourth-order valence-corrected chi connectivity index (χ4v) is 3.52. The highest BCUT2D eigenvalue weighted by atomic mass is 32.2. The zero-order chi connectivity index (χ0) is 16.9. The molecule has 0 saturated heterocycles. The van der Waals surface area contributed by atoms with Crippen molar-refractivity contribution in [3.8, 4) is 11.4 Å². The smallest absolute Gasteiger partial charge is 0.223 e. The van der Waals surface area contributed by atoms with Gasteiger partial charge in [-0.3, -0.25) is 4.79 Å². The van der Waals surface area contributed by atoms with Crippen LogP contribution in [0.3, 0.4) is 0 Å². The summed E-state index contributed by atoms with van der Waals surface area (Å²) in [6, 6.07) is 7.48. The highest BCUT2D eigenvalue weighted by molar-refractivity contribution is 7.98. The number of nitrogens with one attached hydrogen (secondary N) is 1. The van der Waals surface area contributed by atoms with Crippen molar-refractivity contribution in [1.29, 1.82) is 0 Å². The van der Waals surface area contributed by atoms with Gasteiger partial charge < -0.3 is 10.1 Å². The highest BCUT2D eigenvalue weighted by Gasteiger charge is 2.11. The molecular weight excluding hydrogens is 348 g/mol. The number of amides is 1. The van der Waals surface area contributed by atoms with Crippen LogP contribution in [0.2, 0.25) is 0 Å². The van der Waals surface area contributed by atoms with Gasteiger partial charge in [0.2, 0.25) is 11.1 Å². The number of hydrogen-bond donors (Lipinski definition) is 1. The summed E-state index contributed by atoms with van der Waals surface area (Å²) in [5.74, 6) is 1.24. The molecule has 0 fully saturated rings. The molecule has 1 amide bonds. The molecule has 124 valence electrons. The summed E-state index contributed by atoms with van der Waals surface area (Å²) in [4.78, 5) is 15.4. The second-order valence-electron chi connectivity index (χ2n) is 4.69. The second-order valence-corrected chi connectivity index (χ2v) is 6.49. The predicted molar refractivity (Wildman–Crippen MR) is 91.7 cm³/mol. The first-order chi connectivity index (χ1) is 11.7. The van der Waals surface area contributed by atoms with E-state index in [9.17, 15) is 4.79 Å².